The van der Waals surface area contributed by atoms with Gasteiger partial charge in [-0.3, -0.25) is 4.79 Å². The molecule has 4 heteroatoms. The Labute approximate surface area is 97.9 Å². The van der Waals surface area contributed by atoms with Gasteiger partial charge in [0.1, 0.15) is 6.10 Å². The van der Waals surface area contributed by atoms with E-state index in [2.05, 4.69) is 26.1 Å². The van der Waals surface area contributed by atoms with Crippen LogP contribution in [0.5, 0.6) is 0 Å². The molecule has 0 aromatic rings. The van der Waals surface area contributed by atoms with Crippen LogP contribution in [0.1, 0.15) is 40.0 Å². The highest BCUT2D eigenvalue weighted by atomic mass is 16.5. The molecule has 1 amide bonds. The van der Waals surface area contributed by atoms with Gasteiger partial charge in [-0.25, -0.2) is 0 Å². The molecule has 1 rings (SSSR count). The van der Waals surface area contributed by atoms with Gasteiger partial charge in [-0.1, -0.05) is 13.8 Å². The summed E-state index contributed by atoms with van der Waals surface area (Å²) < 4.78 is 5.54. The zero-order valence-corrected chi connectivity index (χ0v) is 10.5. The Morgan fingerprint density at radius 2 is 2.12 bits per heavy atom. The predicted octanol–water partition coefficient (Wildman–Crippen LogP) is 1.04. The van der Waals surface area contributed by atoms with Gasteiger partial charge in [0.15, 0.2) is 0 Å². The third-order valence-corrected chi connectivity index (χ3v) is 2.94. The summed E-state index contributed by atoms with van der Waals surface area (Å²) in [5, 5.41) is 3.44. The molecule has 1 aliphatic rings. The largest absolute Gasteiger partial charge is 0.367 e. The molecular formula is C12H24N2O2. The normalized spacial score (nSPS) is 27.2. The van der Waals surface area contributed by atoms with Crippen LogP contribution < -0.4 is 11.1 Å². The van der Waals surface area contributed by atoms with E-state index < -0.39 is 0 Å². The fraction of sp³-hybridized carbons (Fsp3) is 0.917. The smallest absolute Gasteiger partial charge is 0.246 e. The molecular weight excluding hydrogens is 204 g/mol. The van der Waals surface area contributed by atoms with Crippen LogP contribution in [0.4, 0.5) is 0 Å². The molecule has 0 aromatic heterocycles. The molecule has 1 saturated heterocycles. The Morgan fingerprint density at radius 1 is 1.44 bits per heavy atom. The lowest BCUT2D eigenvalue weighted by molar-refractivity contribution is -0.128. The lowest BCUT2D eigenvalue weighted by Gasteiger charge is -2.19. The topological polar surface area (TPSA) is 64.3 Å². The van der Waals surface area contributed by atoms with Crippen molar-refractivity contribution in [2.45, 2.75) is 58.3 Å². The van der Waals surface area contributed by atoms with Gasteiger partial charge >= 0.3 is 0 Å². The van der Waals surface area contributed by atoms with Gasteiger partial charge in [0.05, 0.1) is 6.10 Å². The van der Waals surface area contributed by atoms with E-state index in [1.807, 2.05) is 0 Å². The van der Waals surface area contributed by atoms with Crippen molar-refractivity contribution in [2.75, 3.05) is 6.54 Å². The van der Waals surface area contributed by atoms with Crippen molar-refractivity contribution in [2.24, 2.45) is 11.7 Å². The van der Waals surface area contributed by atoms with E-state index >= 15 is 0 Å². The number of primary amides is 1. The second kappa shape index (κ2) is 6.21. The van der Waals surface area contributed by atoms with Crippen LogP contribution in [0.2, 0.25) is 0 Å². The maximum absolute atomic E-state index is 10.9. The van der Waals surface area contributed by atoms with Crippen LogP contribution in [0, 0.1) is 5.92 Å². The van der Waals surface area contributed by atoms with Crippen molar-refractivity contribution in [1.29, 1.82) is 0 Å². The van der Waals surface area contributed by atoms with Crippen molar-refractivity contribution >= 4 is 5.91 Å². The predicted molar refractivity (Wildman–Crippen MR) is 64.0 cm³/mol. The number of rotatable bonds is 6. The lowest BCUT2D eigenvalue weighted by Crippen LogP contribution is -2.36. The number of hydrogen-bond donors (Lipinski definition) is 2. The van der Waals surface area contributed by atoms with Crippen LogP contribution in [0.25, 0.3) is 0 Å². The summed E-state index contributed by atoms with van der Waals surface area (Å²) in [7, 11) is 0. The Hall–Kier alpha value is -0.610. The molecule has 16 heavy (non-hydrogen) atoms. The summed E-state index contributed by atoms with van der Waals surface area (Å²) in [5.41, 5.74) is 5.20. The number of nitrogens with two attached hydrogens (primary N) is 1. The molecule has 0 bridgehead atoms. The highest BCUT2D eigenvalue weighted by Gasteiger charge is 2.28. The fourth-order valence-electron chi connectivity index (χ4n) is 2.19. The molecule has 0 radical (unpaired) electrons. The summed E-state index contributed by atoms with van der Waals surface area (Å²) in [4.78, 5) is 10.9. The minimum absolute atomic E-state index is 0.145. The third kappa shape index (κ3) is 4.49. The van der Waals surface area contributed by atoms with Crippen LogP contribution >= 0.6 is 0 Å². The summed E-state index contributed by atoms with van der Waals surface area (Å²) in [5.74, 6) is 0.364. The monoisotopic (exact) mass is 228 g/mol. The quantitative estimate of drug-likeness (QED) is 0.714. The molecule has 1 aliphatic heterocycles. The van der Waals surface area contributed by atoms with Gasteiger partial charge in [0.25, 0.3) is 0 Å². The molecule has 3 N–H and O–H groups in total. The average Bonchev–Trinajstić information content (AvgIpc) is 2.61. The van der Waals surface area contributed by atoms with Gasteiger partial charge in [0, 0.05) is 12.6 Å². The second-order valence-corrected chi connectivity index (χ2v) is 5.17. The number of carbonyl (C=O) groups excluding carboxylic acids is 1. The molecule has 1 fully saturated rings. The molecule has 94 valence electrons. The molecule has 4 nitrogen and oxygen atoms in total. The van der Waals surface area contributed by atoms with Crippen LogP contribution in [0.3, 0.4) is 0 Å². The fourth-order valence-corrected chi connectivity index (χ4v) is 2.19. The first-order valence-corrected chi connectivity index (χ1v) is 6.17. The SMILES string of the molecule is CC(C)CC(C)NCC1CCC(C(N)=O)O1. The van der Waals surface area contributed by atoms with E-state index in [1.54, 1.807) is 0 Å². The third-order valence-electron chi connectivity index (χ3n) is 2.94. The van der Waals surface area contributed by atoms with Crippen molar-refractivity contribution in [3.05, 3.63) is 0 Å². The van der Waals surface area contributed by atoms with Crippen LogP contribution in [-0.2, 0) is 9.53 Å². The standard InChI is InChI=1S/C12H24N2O2/c1-8(2)6-9(3)14-7-10-4-5-11(16-10)12(13)15/h8-11,14H,4-7H2,1-3H3,(H2,13,15). The molecule has 0 aliphatic carbocycles. The average molecular weight is 228 g/mol. The summed E-state index contributed by atoms with van der Waals surface area (Å²) in [6, 6.07) is 0.497. The van der Waals surface area contributed by atoms with Crippen molar-refractivity contribution in [3.63, 3.8) is 0 Å². The summed E-state index contributed by atoms with van der Waals surface area (Å²) in [6.07, 6.45) is 2.63. The first-order chi connectivity index (χ1) is 7.49. The Balaban J connectivity index is 2.17. The molecule has 0 aromatic carbocycles. The molecule has 0 saturated carbocycles. The first kappa shape index (κ1) is 13.5. The van der Waals surface area contributed by atoms with Gasteiger partial charge < -0.3 is 15.8 Å². The van der Waals surface area contributed by atoms with E-state index in [0.717, 1.165) is 25.8 Å². The van der Waals surface area contributed by atoms with Gasteiger partial charge in [-0.05, 0) is 32.1 Å². The highest BCUT2D eigenvalue weighted by Crippen LogP contribution is 2.19. The molecule has 0 spiro atoms. The first-order valence-electron chi connectivity index (χ1n) is 6.17. The Kier molecular flexibility index (Phi) is 5.22. The zero-order valence-electron chi connectivity index (χ0n) is 10.5. The Morgan fingerprint density at radius 3 is 2.62 bits per heavy atom. The second-order valence-electron chi connectivity index (χ2n) is 5.17. The zero-order chi connectivity index (χ0) is 12.1. The maximum atomic E-state index is 10.9. The van der Waals surface area contributed by atoms with Gasteiger partial charge in [-0.15, -0.1) is 0 Å². The van der Waals surface area contributed by atoms with E-state index in [4.69, 9.17) is 10.5 Å². The number of ether oxygens (including phenoxy) is 1. The minimum atomic E-state index is -0.368. The van der Waals surface area contributed by atoms with E-state index in [1.165, 1.54) is 0 Å². The highest BCUT2D eigenvalue weighted by molar-refractivity contribution is 5.79. The van der Waals surface area contributed by atoms with Gasteiger partial charge in [-0.2, -0.15) is 0 Å². The van der Waals surface area contributed by atoms with Crippen LogP contribution in [-0.4, -0.2) is 30.7 Å². The van der Waals surface area contributed by atoms with Crippen molar-refractivity contribution < 1.29 is 9.53 Å². The number of amides is 1. The van der Waals surface area contributed by atoms with E-state index in [9.17, 15) is 4.79 Å². The Bertz CT molecular complexity index is 231. The molecule has 3 atom stereocenters. The number of hydrogen-bond acceptors (Lipinski definition) is 3. The lowest BCUT2D eigenvalue weighted by atomic mass is 10.1. The van der Waals surface area contributed by atoms with Gasteiger partial charge in [0.2, 0.25) is 5.91 Å². The van der Waals surface area contributed by atoms with Crippen molar-refractivity contribution in [3.8, 4) is 0 Å². The van der Waals surface area contributed by atoms with E-state index in [0.29, 0.717) is 12.0 Å². The van der Waals surface area contributed by atoms with E-state index in [-0.39, 0.29) is 18.1 Å². The number of nitrogens with one attached hydrogen (secondary N) is 1. The maximum Gasteiger partial charge on any atom is 0.246 e. The van der Waals surface area contributed by atoms with Crippen LogP contribution in [0.15, 0.2) is 0 Å². The van der Waals surface area contributed by atoms with Crippen molar-refractivity contribution in [1.82, 2.24) is 5.32 Å². The minimum Gasteiger partial charge on any atom is -0.367 e. The summed E-state index contributed by atoms with van der Waals surface area (Å²) in [6.45, 7) is 7.43. The number of carbonyl (C=O) groups is 1. The molecule has 1 heterocycles. The molecule has 3 unspecified atom stereocenters. The summed E-state index contributed by atoms with van der Waals surface area (Å²) >= 11 is 0.